The quantitative estimate of drug-likeness (QED) is 0.775. The molecule has 0 aromatic heterocycles. The van der Waals surface area contributed by atoms with E-state index in [0.717, 1.165) is 30.9 Å². The van der Waals surface area contributed by atoms with Gasteiger partial charge in [-0.2, -0.15) is 0 Å². The normalized spacial score (nSPS) is 16.0. The summed E-state index contributed by atoms with van der Waals surface area (Å²) in [6.07, 6.45) is 5.40. The maximum atomic E-state index is 10.8. The fourth-order valence-electron chi connectivity index (χ4n) is 2.57. The average Bonchev–Trinajstić information content (AvgIpc) is 2.46. The van der Waals surface area contributed by atoms with Gasteiger partial charge < -0.3 is 15.4 Å². The Morgan fingerprint density at radius 3 is 2.50 bits per heavy atom. The summed E-state index contributed by atoms with van der Waals surface area (Å²) in [6, 6.07) is 7.59. The first kappa shape index (κ1) is 14.9. The van der Waals surface area contributed by atoms with Crippen LogP contribution < -0.4 is 10.5 Å². The predicted octanol–water partition coefficient (Wildman–Crippen LogP) is 1.97. The summed E-state index contributed by atoms with van der Waals surface area (Å²) < 4.78 is 5.71. The summed E-state index contributed by atoms with van der Waals surface area (Å²) in [5, 5.41) is 0. The Bertz CT molecular complexity index is 411. The maximum Gasteiger partial charge on any atom is 0.221 e. The molecule has 1 aliphatic heterocycles. The lowest BCUT2D eigenvalue weighted by molar-refractivity contribution is -0.117. The van der Waals surface area contributed by atoms with Gasteiger partial charge >= 0.3 is 0 Å². The molecule has 0 bridgehead atoms. The molecule has 1 amide bonds. The van der Waals surface area contributed by atoms with Crippen molar-refractivity contribution in [2.24, 2.45) is 5.73 Å². The molecular formula is C16H24N2O2. The lowest BCUT2D eigenvalue weighted by Crippen LogP contribution is -2.31. The molecule has 110 valence electrons. The second-order valence-corrected chi connectivity index (χ2v) is 5.39. The molecule has 1 aliphatic rings. The van der Waals surface area contributed by atoms with E-state index in [9.17, 15) is 4.79 Å². The molecule has 1 heterocycles. The molecule has 0 atom stereocenters. The number of hydrogen-bond acceptors (Lipinski definition) is 3. The molecule has 0 unspecified atom stereocenters. The average molecular weight is 276 g/mol. The first-order chi connectivity index (χ1) is 9.74. The van der Waals surface area contributed by atoms with Crippen LogP contribution in [0.5, 0.6) is 5.75 Å². The number of benzene rings is 1. The van der Waals surface area contributed by atoms with Crippen LogP contribution in [0.25, 0.3) is 0 Å². The second kappa shape index (κ2) is 7.90. The number of carbonyl (C=O) groups is 1. The number of carbonyl (C=O) groups excluding carboxylic acids is 1. The maximum absolute atomic E-state index is 10.8. The molecule has 4 nitrogen and oxygen atoms in total. The lowest BCUT2D eigenvalue weighted by atomic mass is 10.1. The Labute approximate surface area is 120 Å². The topological polar surface area (TPSA) is 55.6 Å². The van der Waals surface area contributed by atoms with Gasteiger partial charge in [-0.25, -0.2) is 0 Å². The molecule has 0 aliphatic carbocycles. The largest absolute Gasteiger partial charge is 0.494 e. The first-order valence-corrected chi connectivity index (χ1v) is 7.46. The minimum atomic E-state index is -0.305. The van der Waals surface area contributed by atoms with Gasteiger partial charge in [0.05, 0.1) is 13.0 Å². The third-order valence-corrected chi connectivity index (χ3v) is 3.64. The van der Waals surface area contributed by atoms with Gasteiger partial charge in [0.15, 0.2) is 0 Å². The molecule has 0 radical (unpaired) electrons. The number of nitrogens with two attached hydrogens (primary N) is 1. The zero-order chi connectivity index (χ0) is 14.2. The van der Waals surface area contributed by atoms with Crippen LogP contribution in [-0.4, -0.2) is 37.0 Å². The Hall–Kier alpha value is -1.55. The van der Waals surface area contributed by atoms with Crippen molar-refractivity contribution in [1.29, 1.82) is 0 Å². The van der Waals surface area contributed by atoms with Crippen LogP contribution in [0.4, 0.5) is 0 Å². The molecule has 20 heavy (non-hydrogen) atoms. The van der Waals surface area contributed by atoms with E-state index >= 15 is 0 Å². The molecule has 4 heteroatoms. The van der Waals surface area contributed by atoms with Crippen molar-refractivity contribution >= 4 is 5.91 Å². The van der Waals surface area contributed by atoms with Crippen LogP contribution in [0.2, 0.25) is 0 Å². The predicted molar refractivity (Wildman–Crippen MR) is 79.7 cm³/mol. The highest BCUT2D eigenvalue weighted by molar-refractivity contribution is 5.76. The van der Waals surface area contributed by atoms with Gasteiger partial charge in [-0.3, -0.25) is 4.79 Å². The molecule has 2 rings (SSSR count). The Morgan fingerprint density at radius 1 is 1.15 bits per heavy atom. The summed E-state index contributed by atoms with van der Waals surface area (Å²) in [5.41, 5.74) is 6.09. The van der Waals surface area contributed by atoms with E-state index < -0.39 is 0 Å². The number of nitrogens with zero attached hydrogens (tertiary/aromatic N) is 1. The number of rotatable bonds is 7. The van der Waals surface area contributed by atoms with Gasteiger partial charge in [-0.05, 0) is 50.0 Å². The van der Waals surface area contributed by atoms with E-state index in [0.29, 0.717) is 0 Å². The highest BCUT2D eigenvalue weighted by atomic mass is 16.5. The van der Waals surface area contributed by atoms with Crippen molar-refractivity contribution in [3.63, 3.8) is 0 Å². The number of amides is 1. The zero-order valence-corrected chi connectivity index (χ0v) is 12.0. The zero-order valence-electron chi connectivity index (χ0n) is 12.0. The number of primary amides is 1. The second-order valence-electron chi connectivity index (χ2n) is 5.39. The van der Waals surface area contributed by atoms with Crippen LogP contribution in [0.1, 0.15) is 31.2 Å². The monoisotopic (exact) mass is 276 g/mol. The van der Waals surface area contributed by atoms with Gasteiger partial charge in [0.2, 0.25) is 5.91 Å². The number of piperidine rings is 1. The minimum absolute atomic E-state index is 0.287. The summed E-state index contributed by atoms with van der Waals surface area (Å²) >= 11 is 0. The summed E-state index contributed by atoms with van der Waals surface area (Å²) in [4.78, 5) is 13.3. The van der Waals surface area contributed by atoms with E-state index in [4.69, 9.17) is 10.5 Å². The van der Waals surface area contributed by atoms with Gasteiger partial charge in [-0.1, -0.05) is 18.6 Å². The van der Waals surface area contributed by atoms with E-state index in [1.807, 2.05) is 24.3 Å². The van der Waals surface area contributed by atoms with Crippen LogP contribution in [0.15, 0.2) is 24.3 Å². The number of likely N-dealkylation sites (tertiary alicyclic amines) is 1. The Kier molecular flexibility index (Phi) is 5.87. The van der Waals surface area contributed by atoms with Crippen molar-refractivity contribution in [1.82, 2.24) is 4.90 Å². The molecule has 1 aromatic rings. The highest BCUT2D eigenvalue weighted by Gasteiger charge is 2.09. The van der Waals surface area contributed by atoms with Crippen molar-refractivity contribution in [2.75, 3.05) is 26.2 Å². The van der Waals surface area contributed by atoms with Crippen molar-refractivity contribution < 1.29 is 9.53 Å². The van der Waals surface area contributed by atoms with Crippen LogP contribution in [0.3, 0.4) is 0 Å². The lowest BCUT2D eigenvalue weighted by Gasteiger charge is -2.26. The van der Waals surface area contributed by atoms with Crippen LogP contribution in [-0.2, 0) is 11.2 Å². The van der Waals surface area contributed by atoms with Gasteiger partial charge in [0, 0.05) is 6.54 Å². The highest BCUT2D eigenvalue weighted by Crippen LogP contribution is 2.13. The van der Waals surface area contributed by atoms with E-state index in [2.05, 4.69) is 4.90 Å². The van der Waals surface area contributed by atoms with E-state index in [1.54, 1.807) is 0 Å². The molecule has 1 fully saturated rings. The Morgan fingerprint density at radius 2 is 1.85 bits per heavy atom. The van der Waals surface area contributed by atoms with Gasteiger partial charge in [0.25, 0.3) is 0 Å². The van der Waals surface area contributed by atoms with E-state index in [-0.39, 0.29) is 12.3 Å². The van der Waals surface area contributed by atoms with Crippen molar-refractivity contribution in [3.8, 4) is 5.75 Å². The van der Waals surface area contributed by atoms with Crippen molar-refractivity contribution in [3.05, 3.63) is 29.8 Å². The molecule has 1 aromatic carbocycles. The standard InChI is InChI=1S/C16H24N2O2/c17-16(19)13-14-5-7-15(8-6-14)20-12-4-11-18-9-2-1-3-10-18/h5-8H,1-4,9-13H2,(H2,17,19). The third-order valence-electron chi connectivity index (χ3n) is 3.64. The number of ether oxygens (including phenoxy) is 1. The SMILES string of the molecule is NC(=O)Cc1ccc(OCCCN2CCCCC2)cc1. The fourth-order valence-corrected chi connectivity index (χ4v) is 2.57. The first-order valence-electron chi connectivity index (χ1n) is 7.46. The Balaban J connectivity index is 1.64. The van der Waals surface area contributed by atoms with Gasteiger partial charge in [-0.15, -0.1) is 0 Å². The molecule has 0 spiro atoms. The fraction of sp³-hybridized carbons (Fsp3) is 0.562. The van der Waals surface area contributed by atoms with Gasteiger partial charge in [0.1, 0.15) is 5.75 Å². The third kappa shape index (κ3) is 5.21. The summed E-state index contributed by atoms with van der Waals surface area (Å²) in [7, 11) is 0. The van der Waals surface area contributed by atoms with Crippen LogP contribution >= 0.6 is 0 Å². The smallest absolute Gasteiger partial charge is 0.221 e. The summed E-state index contributed by atoms with van der Waals surface area (Å²) in [5.74, 6) is 0.553. The van der Waals surface area contributed by atoms with E-state index in [1.165, 1.54) is 32.4 Å². The molecule has 0 saturated carbocycles. The summed E-state index contributed by atoms with van der Waals surface area (Å²) in [6.45, 7) is 4.34. The molecular weight excluding hydrogens is 252 g/mol. The van der Waals surface area contributed by atoms with Crippen molar-refractivity contribution in [2.45, 2.75) is 32.1 Å². The molecule has 1 saturated heterocycles. The molecule has 2 N–H and O–H groups in total. The number of hydrogen-bond donors (Lipinski definition) is 1. The minimum Gasteiger partial charge on any atom is -0.494 e. The van der Waals surface area contributed by atoms with Crippen LogP contribution in [0, 0.1) is 0 Å².